The maximum Gasteiger partial charge on any atom is 0.276 e. The fourth-order valence-corrected chi connectivity index (χ4v) is 5.15. The Morgan fingerprint density at radius 1 is 0.865 bits per heavy atom. The van der Waals surface area contributed by atoms with Crippen LogP contribution < -0.4 is 15.1 Å². The Bertz CT molecular complexity index is 1390. The Hall–Kier alpha value is -3.98. The first-order chi connectivity index (χ1) is 18.1. The summed E-state index contributed by atoms with van der Waals surface area (Å²) in [6.07, 6.45) is 9.26. The second-order valence-electron chi connectivity index (χ2n) is 9.96. The highest BCUT2D eigenvalue weighted by Crippen LogP contribution is 2.29. The molecule has 6 rings (SSSR count). The maximum absolute atomic E-state index is 13.2. The van der Waals surface area contributed by atoms with Crippen molar-refractivity contribution in [2.75, 3.05) is 61.4 Å². The zero-order valence-electron chi connectivity index (χ0n) is 21.2. The number of piperazine rings is 1. The van der Waals surface area contributed by atoms with Gasteiger partial charge in [0.15, 0.2) is 5.69 Å². The van der Waals surface area contributed by atoms with E-state index in [1.165, 1.54) is 19.3 Å². The van der Waals surface area contributed by atoms with Crippen LogP contribution in [-0.2, 0) is 0 Å². The summed E-state index contributed by atoms with van der Waals surface area (Å²) in [5.41, 5.74) is 5.01. The van der Waals surface area contributed by atoms with Crippen LogP contribution in [-0.4, -0.2) is 77.3 Å². The molecule has 190 valence electrons. The van der Waals surface area contributed by atoms with E-state index in [4.69, 9.17) is 0 Å². The number of nitrogens with zero attached hydrogens (tertiary/aromatic N) is 6. The fourth-order valence-electron chi connectivity index (χ4n) is 5.15. The van der Waals surface area contributed by atoms with E-state index in [9.17, 15) is 4.79 Å². The molecule has 1 amide bonds. The zero-order valence-corrected chi connectivity index (χ0v) is 21.2. The third-order valence-electron chi connectivity index (χ3n) is 7.39. The summed E-state index contributed by atoms with van der Waals surface area (Å²) in [6, 6.07) is 12.1. The molecule has 37 heavy (non-hydrogen) atoms. The summed E-state index contributed by atoms with van der Waals surface area (Å²) in [5.74, 6) is 0.666. The lowest BCUT2D eigenvalue weighted by atomic mass is 10.0. The van der Waals surface area contributed by atoms with Crippen molar-refractivity contribution in [1.82, 2.24) is 25.1 Å². The van der Waals surface area contributed by atoms with E-state index in [1.807, 2.05) is 42.7 Å². The van der Waals surface area contributed by atoms with Gasteiger partial charge < -0.3 is 20.0 Å². The highest BCUT2D eigenvalue weighted by molar-refractivity contribution is 6.11. The Morgan fingerprint density at radius 2 is 1.70 bits per heavy atom. The lowest BCUT2D eigenvalue weighted by Crippen LogP contribution is -2.44. The molecule has 0 radical (unpaired) electrons. The highest BCUT2D eigenvalue weighted by Gasteiger charge is 2.18. The second-order valence-corrected chi connectivity index (χ2v) is 9.96. The molecule has 2 saturated heterocycles. The number of pyridine rings is 2. The minimum absolute atomic E-state index is 0.266. The van der Waals surface area contributed by atoms with Gasteiger partial charge in [-0.15, -0.1) is 0 Å². The molecule has 1 aromatic carbocycles. The highest BCUT2D eigenvalue weighted by atomic mass is 16.1. The van der Waals surface area contributed by atoms with Crippen molar-refractivity contribution in [2.24, 2.45) is 0 Å². The average molecular weight is 497 g/mol. The number of hydrogen-bond donors (Lipinski definition) is 2. The number of aromatic nitrogens is 4. The van der Waals surface area contributed by atoms with Crippen LogP contribution in [0.3, 0.4) is 0 Å². The average Bonchev–Trinajstić information content (AvgIpc) is 3.38. The number of carbonyl (C=O) groups is 1. The van der Waals surface area contributed by atoms with E-state index in [1.54, 1.807) is 6.20 Å². The number of hydrogen-bond acceptors (Lipinski definition) is 7. The van der Waals surface area contributed by atoms with E-state index < -0.39 is 0 Å². The van der Waals surface area contributed by atoms with E-state index >= 15 is 0 Å². The Morgan fingerprint density at radius 3 is 2.49 bits per heavy atom. The summed E-state index contributed by atoms with van der Waals surface area (Å²) in [7, 11) is 2.13. The van der Waals surface area contributed by atoms with Crippen LogP contribution in [0.15, 0.2) is 55.0 Å². The normalized spacial score (nSPS) is 16.8. The molecule has 4 aromatic rings. The van der Waals surface area contributed by atoms with Crippen molar-refractivity contribution in [1.29, 1.82) is 0 Å². The van der Waals surface area contributed by atoms with Gasteiger partial charge in [-0.2, -0.15) is 5.10 Å². The number of rotatable bonds is 5. The van der Waals surface area contributed by atoms with Crippen LogP contribution in [0.2, 0.25) is 0 Å². The number of amides is 1. The predicted octanol–water partition coefficient (Wildman–Crippen LogP) is 4.01. The second kappa shape index (κ2) is 10.2. The Labute approximate surface area is 216 Å². The molecular formula is C28H32N8O. The standard InChI is InChI=1S/C28H32N8O/c1-34-11-13-36(14-12-34)26-8-6-22(18-30-26)31-28(37)27-24-16-20(5-7-25(24)32-33-27)21-15-23(19-29-17-21)35-9-3-2-4-10-35/h5-8,15-19H,2-4,9-14H2,1H3,(H,31,37)(H,32,33). The molecular weight excluding hydrogens is 464 g/mol. The number of likely N-dealkylation sites (N-methyl/N-ethyl adjacent to an activating group) is 1. The van der Waals surface area contributed by atoms with E-state index in [0.717, 1.165) is 72.8 Å². The van der Waals surface area contributed by atoms with E-state index in [-0.39, 0.29) is 5.91 Å². The number of anilines is 3. The van der Waals surface area contributed by atoms with Gasteiger partial charge in [-0.05, 0) is 62.2 Å². The van der Waals surface area contributed by atoms with Crippen molar-refractivity contribution in [3.05, 3.63) is 60.7 Å². The van der Waals surface area contributed by atoms with Crippen molar-refractivity contribution in [3.8, 4) is 11.1 Å². The quantitative estimate of drug-likeness (QED) is 0.431. The van der Waals surface area contributed by atoms with Gasteiger partial charge in [-0.1, -0.05) is 6.07 Å². The number of fused-ring (bicyclic) bond motifs is 1. The predicted molar refractivity (Wildman–Crippen MR) is 147 cm³/mol. The van der Waals surface area contributed by atoms with Crippen LogP contribution >= 0.6 is 0 Å². The molecule has 3 aromatic heterocycles. The van der Waals surface area contributed by atoms with Gasteiger partial charge in [0, 0.05) is 56.4 Å². The molecule has 2 N–H and O–H groups in total. The first-order valence-corrected chi connectivity index (χ1v) is 13.0. The maximum atomic E-state index is 13.2. The van der Waals surface area contributed by atoms with Crippen molar-refractivity contribution in [2.45, 2.75) is 19.3 Å². The Kier molecular flexibility index (Phi) is 6.44. The number of carbonyl (C=O) groups excluding carboxylic acids is 1. The first-order valence-electron chi connectivity index (χ1n) is 13.0. The fraction of sp³-hybridized carbons (Fsp3) is 0.357. The van der Waals surface area contributed by atoms with Crippen molar-refractivity contribution < 1.29 is 4.79 Å². The summed E-state index contributed by atoms with van der Waals surface area (Å²) in [4.78, 5) is 29.2. The minimum atomic E-state index is -0.266. The number of piperidine rings is 1. The largest absolute Gasteiger partial charge is 0.370 e. The van der Waals surface area contributed by atoms with Gasteiger partial charge in [-0.25, -0.2) is 4.98 Å². The van der Waals surface area contributed by atoms with Gasteiger partial charge in [0.25, 0.3) is 5.91 Å². The van der Waals surface area contributed by atoms with Crippen LogP contribution in [0.5, 0.6) is 0 Å². The molecule has 9 nitrogen and oxygen atoms in total. The molecule has 0 unspecified atom stereocenters. The van der Waals surface area contributed by atoms with Gasteiger partial charge in [0.1, 0.15) is 5.82 Å². The molecule has 0 bridgehead atoms. The number of nitrogens with one attached hydrogen (secondary N) is 2. The summed E-state index contributed by atoms with van der Waals surface area (Å²) in [5, 5.41) is 11.0. The lowest BCUT2D eigenvalue weighted by molar-refractivity contribution is 0.102. The van der Waals surface area contributed by atoms with E-state index in [2.05, 4.69) is 53.3 Å². The molecule has 5 heterocycles. The van der Waals surface area contributed by atoms with Crippen molar-refractivity contribution >= 4 is 34.0 Å². The number of aromatic amines is 1. The van der Waals surface area contributed by atoms with Crippen molar-refractivity contribution in [3.63, 3.8) is 0 Å². The van der Waals surface area contributed by atoms with Gasteiger partial charge in [0.05, 0.1) is 29.3 Å². The van der Waals surface area contributed by atoms with Crippen LogP contribution in [0, 0.1) is 0 Å². The molecule has 0 saturated carbocycles. The molecule has 0 atom stereocenters. The van der Waals surface area contributed by atoms with Gasteiger partial charge in [0.2, 0.25) is 0 Å². The third kappa shape index (κ3) is 4.99. The Balaban J connectivity index is 1.20. The molecule has 9 heteroatoms. The monoisotopic (exact) mass is 496 g/mol. The smallest absolute Gasteiger partial charge is 0.276 e. The van der Waals surface area contributed by atoms with Gasteiger partial charge in [-0.3, -0.25) is 14.9 Å². The molecule has 2 aliphatic heterocycles. The minimum Gasteiger partial charge on any atom is -0.370 e. The summed E-state index contributed by atoms with van der Waals surface area (Å²) < 4.78 is 0. The zero-order chi connectivity index (χ0) is 25.2. The molecule has 2 aliphatic rings. The molecule has 0 aliphatic carbocycles. The van der Waals surface area contributed by atoms with Crippen LogP contribution in [0.25, 0.3) is 22.0 Å². The molecule has 2 fully saturated rings. The van der Waals surface area contributed by atoms with Gasteiger partial charge >= 0.3 is 0 Å². The van der Waals surface area contributed by atoms with Crippen LogP contribution in [0.1, 0.15) is 29.8 Å². The van der Waals surface area contributed by atoms with Crippen LogP contribution in [0.4, 0.5) is 17.2 Å². The molecule has 0 spiro atoms. The topological polar surface area (TPSA) is 93.3 Å². The number of benzene rings is 1. The summed E-state index contributed by atoms with van der Waals surface area (Å²) >= 11 is 0. The first kappa shape index (κ1) is 23.4. The lowest BCUT2D eigenvalue weighted by Gasteiger charge is -2.33. The van der Waals surface area contributed by atoms with E-state index in [0.29, 0.717) is 11.4 Å². The SMILES string of the molecule is CN1CCN(c2ccc(NC(=O)c3n[nH]c4ccc(-c5cncc(N6CCCCC6)c5)cc34)cn2)CC1. The number of H-pyrrole nitrogens is 1. The third-order valence-corrected chi connectivity index (χ3v) is 7.39. The summed E-state index contributed by atoms with van der Waals surface area (Å²) in [6.45, 7) is 6.09.